The first-order chi connectivity index (χ1) is 10.2. The van der Waals surface area contributed by atoms with Crippen molar-refractivity contribution in [2.45, 2.75) is 76.2 Å². The van der Waals surface area contributed by atoms with Crippen LogP contribution in [0.1, 0.15) is 76.2 Å². The maximum absolute atomic E-state index is 2.72. The second-order valence-corrected chi connectivity index (χ2v) is 12.7. The van der Waals surface area contributed by atoms with Crippen LogP contribution in [0, 0.1) is 66.5 Å². The highest BCUT2D eigenvalue weighted by Crippen LogP contribution is 3.27. The maximum Gasteiger partial charge on any atom is -0.00334 e. The zero-order valence-electron chi connectivity index (χ0n) is 17.2. The molecule has 0 radical (unpaired) electrons. The molecule has 0 heteroatoms. The average Bonchev–Trinajstić information content (AvgIpc) is 2.48. The Morgan fingerprint density at radius 1 is 0.522 bits per heavy atom. The second kappa shape index (κ2) is 2.44. The van der Waals surface area contributed by atoms with Crippen molar-refractivity contribution in [3.63, 3.8) is 0 Å². The lowest BCUT2D eigenvalue weighted by atomic mass is 8.77. The van der Waals surface area contributed by atoms with Gasteiger partial charge < -0.3 is 0 Å². The van der Waals surface area contributed by atoms with Gasteiger partial charge in [0.1, 0.15) is 0 Å². The third-order valence-electron chi connectivity index (χ3n) is 15.0. The summed E-state index contributed by atoms with van der Waals surface area (Å²) < 4.78 is 0. The van der Waals surface area contributed by atoms with E-state index in [4.69, 9.17) is 0 Å². The summed E-state index contributed by atoms with van der Waals surface area (Å²) >= 11 is 0. The molecule has 0 heterocycles. The predicted molar refractivity (Wildman–Crippen MR) is 94.8 cm³/mol. The molecule has 6 fully saturated rings. The van der Waals surface area contributed by atoms with Gasteiger partial charge in [-0.15, -0.1) is 0 Å². The lowest BCUT2D eigenvalue weighted by molar-refractivity contribution is -0.806. The molecule has 0 amide bonds. The van der Waals surface area contributed by atoms with Crippen molar-refractivity contribution in [1.29, 1.82) is 0 Å². The quantitative estimate of drug-likeness (QED) is 0.513. The van der Waals surface area contributed by atoms with Gasteiger partial charge in [-0.3, -0.25) is 0 Å². The third-order valence-corrected chi connectivity index (χ3v) is 15.0. The smallest absolute Gasteiger partial charge is 0.00334 e. The molecule has 0 aliphatic heterocycles. The summed E-state index contributed by atoms with van der Waals surface area (Å²) in [5.74, 6) is 2.88. The van der Waals surface area contributed by atoms with E-state index >= 15 is 0 Å². The molecule has 128 valence electrons. The van der Waals surface area contributed by atoms with Crippen LogP contribution in [0.5, 0.6) is 0 Å². The van der Waals surface area contributed by atoms with Gasteiger partial charge in [0.2, 0.25) is 0 Å². The molecular formula is C23H36. The van der Waals surface area contributed by atoms with E-state index in [0.717, 1.165) is 17.8 Å². The Labute approximate surface area is 143 Å². The van der Waals surface area contributed by atoms with E-state index in [-0.39, 0.29) is 0 Å². The Kier molecular flexibility index (Phi) is 1.51. The topological polar surface area (TPSA) is 0 Å². The van der Waals surface area contributed by atoms with Crippen LogP contribution in [0.15, 0.2) is 0 Å². The first-order valence-corrected chi connectivity index (χ1v) is 10.2. The molecule has 0 saturated heterocycles. The number of hydrogen-bond donors (Lipinski definition) is 0. The fourth-order valence-corrected chi connectivity index (χ4v) is 14.6. The second-order valence-electron chi connectivity index (χ2n) is 12.7. The molecule has 0 nitrogen and oxygen atoms in total. The van der Waals surface area contributed by atoms with Crippen molar-refractivity contribution in [1.82, 2.24) is 0 Å². The van der Waals surface area contributed by atoms with Gasteiger partial charge in [-0.1, -0.05) is 76.2 Å². The fourth-order valence-electron chi connectivity index (χ4n) is 14.6. The molecule has 23 heavy (non-hydrogen) atoms. The molecule has 0 bridgehead atoms. The van der Waals surface area contributed by atoms with Gasteiger partial charge in [-0.05, 0) is 66.5 Å². The molecule has 2 spiro atoms. The van der Waals surface area contributed by atoms with Crippen LogP contribution in [0.2, 0.25) is 0 Å². The molecule has 6 aliphatic rings. The first-order valence-electron chi connectivity index (χ1n) is 10.2. The molecule has 0 aromatic carbocycles. The van der Waals surface area contributed by atoms with Gasteiger partial charge in [0.15, 0.2) is 0 Å². The van der Waals surface area contributed by atoms with Crippen molar-refractivity contribution >= 4 is 0 Å². The minimum atomic E-state index is 0.461. The normalized spacial score (nSPS) is 82.3. The summed E-state index contributed by atoms with van der Waals surface area (Å²) in [4.78, 5) is 0. The highest BCUT2D eigenvalue weighted by molar-refractivity contribution is 5.70. The van der Waals surface area contributed by atoms with Gasteiger partial charge in [0.25, 0.3) is 0 Å². The minimum Gasteiger partial charge on any atom is -0.0616 e. The van der Waals surface area contributed by atoms with Gasteiger partial charge in [-0.2, -0.15) is 0 Å². The van der Waals surface area contributed by atoms with Crippen LogP contribution in [0.25, 0.3) is 0 Å². The van der Waals surface area contributed by atoms with Crippen LogP contribution in [-0.2, 0) is 0 Å². The van der Waals surface area contributed by atoms with Crippen LogP contribution in [-0.4, -0.2) is 0 Å². The lowest BCUT2D eigenvalue weighted by Gasteiger charge is -3.26. The van der Waals surface area contributed by atoms with E-state index in [0.29, 0.717) is 48.7 Å². The largest absolute Gasteiger partial charge is 0.0616 e. The Bertz CT molecular complexity index is 689. The van der Waals surface area contributed by atoms with E-state index in [2.05, 4.69) is 76.2 Å². The van der Waals surface area contributed by atoms with Crippen molar-refractivity contribution in [3.05, 3.63) is 0 Å². The summed E-state index contributed by atoms with van der Waals surface area (Å²) in [6.07, 6.45) is 0. The van der Waals surface area contributed by atoms with E-state index < -0.39 is 0 Å². The van der Waals surface area contributed by atoms with Gasteiger partial charge in [0.05, 0.1) is 0 Å². The van der Waals surface area contributed by atoms with Gasteiger partial charge in [0, 0.05) is 0 Å². The number of hydrogen-bond acceptors (Lipinski definition) is 0. The molecule has 6 rings (SSSR count). The van der Waals surface area contributed by atoms with E-state index in [9.17, 15) is 0 Å². The first kappa shape index (κ1) is 14.2. The zero-order chi connectivity index (χ0) is 17.2. The molecule has 6 unspecified atom stereocenters. The summed E-state index contributed by atoms with van der Waals surface area (Å²) in [5.41, 5.74) is 5.03. The van der Waals surface area contributed by atoms with Crippen molar-refractivity contribution < 1.29 is 0 Å². The molecule has 0 aromatic heterocycles. The molecule has 6 atom stereocenters. The van der Waals surface area contributed by atoms with Crippen LogP contribution in [0.3, 0.4) is 0 Å². The Hall–Kier alpha value is 0. The molecule has 0 aromatic rings. The monoisotopic (exact) mass is 312 g/mol. The average molecular weight is 313 g/mol. The Balaban J connectivity index is 1.74. The van der Waals surface area contributed by atoms with Crippen LogP contribution < -0.4 is 0 Å². The zero-order valence-corrected chi connectivity index (χ0v) is 17.2. The van der Waals surface area contributed by atoms with Gasteiger partial charge >= 0.3 is 0 Å². The third kappa shape index (κ3) is 0.490. The summed E-state index contributed by atoms with van der Waals surface area (Å²) in [6.45, 7) is 29.3. The summed E-state index contributed by atoms with van der Waals surface area (Å²) in [6, 6.07) is 0. The number of rotatable bonds is 0. The molecular weight excluding hydrogens is 276 g/mol. The molecule has 6 aliphatic carbocycles. The Morgan fingerprint density at radius 3 is 1.22 bits per heavy atom. The number of fused-ring (bicyclic) bond motifs is 2. The maximum atomic E-state index is 2.72. The fraction of sp³-hybridized carbons (Fsp3) is 1.00. The highest BCUT2D eigenvalue weighted by Gasteiger charge is 3.24. The summed E-state index contributed by atoms with van der Waals surface area (Å²) in [7, 11) is 0. The van der Waals surface area contributed by atoms with E-state index in [1.165, 1.54) is 0 Å². The standard InChI is InChI=1S/C23H36/c1-12-14-13(2)18(8)21(11)16(5,6)19(9)15(3,4)20(10)17(12,7)22(14,18)23(19,20)21/h12-14H,1-11H3. The van der Waals surface area contributed by atoms with E-state index in [1.807, 2.05) is 0 Å². The SMILES string of the molecule is CC1C2C(C)C3(C)C4(C)C(C)(C)C5(C)C(C)(C)C6(C)C1(C)C23C564. The lowest BCUT2D eigenvalue weighted by Crippen LogP contribution is -3.23. The van der Waals surface area contributed by atoms with Crippen LogP contribution >= 0.6 is 0 Å². The highest BCUT2D eigenvalue weighted by atomic mass is 15.3. The van der Waals surface area contributed by atoms with Crippen molar-refractivity contribution in [3.8, 4) is 0 Å². The summed E-state index contributed by atoms with van der Waals surface area (Å²) in [5, 5.41) is 0. The van der Waals surface area contributed by atoms with Crippen molar-refractivity contribution in [2.24, 2.45) is 66.5 Å². The van der Waals surface area contributed by atoms with Gasteiger partial charge in [-0.25, -0.2) is 0 Å². The molecule has 0 N–H and O–H groups in total. The molecule has 6 saturated carbocycles. The van der Waals surface area contributed by atoms with E-state index in [1.54, 1.807) is 0 Å². The predicted octanol–water partition coefficient (Wildman–Crippen LogP) is 6.01. The Morgan fingerprint density at radius 2 is 0.870 bits per heavy atom. The van der Waals surface area contributed by atoms with Crippen LogP contribution in [0.4, 0.5) is 0 Å². The minimum absolute atomic E-state index is 0.461. The van der Waals surface area contributed by atoms with Crippen molar-refractivity contribution in [2.75, 3.05) is 0 Å².